The lowest BCUT2D eigenvalue weighted by Gasteiger charge is -2.27. The summed E-state index contributed by atoms with van der Waals surface area (Å²) in [5, 5.41) is 0. The van der Waals surface area contributed by atoms with Gasteiger partial charge >= 0.3 is 0 Å². The first-order valence-corrected chi connectivity index (χ1v) is 11.4. The Hall–Kier alpha value is -2.34. The molecule has 1 saturated carbocycles. The summed E-state index contributed by atoms with van der Waals surface area (Å²) in [6.07, 6.45) is 3.71. The van der Waals surface area contributed by atoms with Crippen LogP contribution in [0.25, 0.3) is 11.4 Å². The molecule has 0 N–H and O–H groups in total. The number of aryl methyl sites for hydroxylation is 3. The monoisotopic (exact) mass is 426 g/mol. The van der Waals surface area contributed by atoms with Crippen LogP contribution >= 0.6 is 0 Å². The van der Waals surface area contributed by atoms with Gasteiger partial charge in [-0.05, 0) is 77.2 Å². The van der Waals surface area contributed by atoms with E-state index in [1.54, 1.807) is 7.11 Å². The zero-order valence-corrected chi connectivity index (χ0v) is 20.3. The van der Waals surface area contributed by atoms with E-state index < -0.39 is 0 Å². The number of benzene rings is 1. The third-order valence-electron chi connectivity index (χ3n) is 5.67. The van der Waals surface area contributed by atoms with Crippen LogP contribution in [0.3, 0.4) is 0 Å². The van der Waals surface area contributed by atoms with Crippen LogP contribution in [-0.4, -0.2) is 62.3 Å². The number of rotatable bonds is 11. The highest BCUT2D eigenvalue weighted by Gasteiger charge is 2.28. The molecular weight excluding hydrogens is 388 g/mol. The Balaban J connectivity index is 2.02. The van der Waals surface area contributed by atoms with E-state index in [9.17, 15) is 0 Å². The first-order valence-electron chi connectivity index (χ1n) is 11.4. The average Bonchev–Trinajstić information content (AvgIpc) is 3.50. The quantitative estimate of drug-likeness (QED) is 0.522. The van der Waals surface area contributed by atoms with E-state index in [-0.39, 0.29) is 0 Å². The van der Waals surface area contributed by atoms with E-state index in [2.05, 4.69) is 49.6 Å². The Labute approximate surface area is 187 Å². The number of aromatic nitrogens is 2. The Morgan fingerprint density at radius 3 is 2.42 bits per heavy atom. The maximum Gasteiger partial charge on any atom is 0.241 e. The van der Waals surface area contributed by atoms with Crippen molar-refractivity contribution < 1.29 is 9.47 Å². The van der Waals surface area contributed by atoms with Gasteiger partial charge in [0.05, 0.1) is 18.4 Å². The molecule has 170 valence electrons. The molecular formula is C25H38N4O2. The molecule has 1 aromatic heterocycles. The van der Waals surface area contributed by atoms with Gasteiger partial charge in [0.1, 0.15) is 18.0 Å². The molecule has 1 heterocycles. The molecule has 0 atom stereocenters. The van der Waals surface area contributed by atoms with Crippen LogP contribution in [0.2, 0.25) is 0 Å². The van der Waals surface area contributed by atoms with Crippen molar-refractivity contribution in [2.24, 2.45) is 5.92 Å². The predicted octanol–water partition coefficient (Wildman–Crippen LogP) is 4.64. The molecule has 1 aliphatic carbocycles. The summed E-state index contributed by atoms with van der Waals surface area (Å²) in [6, 6.07) is 4.23. The van der Waals surface area contributed by atoms with Crippen molar-refractivity contribution in [3.63, 3.8) is 0 Å². The smallest absolute Gasteiger partial charge is 0.241 e. The summed E-state index contributed by atoms with van der Waals surface area (Å²) >= 11 is 0. The molecule has 0 bridgehead atoms. The maximum absolute atomic E-state index is 6.18. The van der Waals surface area contributed by atoms with Crippen LogP contribution in [-0.2, 0) is 0 Å². The van der Waals surface area contributed by atoms with Gasteiger partial charge < -0.3 is 19.3 Å². The molecule has 3 rings (SSSR count). The summed E-state index contributed by atoms with van der Waals surface area (Å²) < 4.78 is 12.0. The molecule has 6 heteroatoms. The lowest BCUT2D eigenvalue weighted by molar-refractivity contribution is 0.262. The van der Waals surface area contributed by atoms with Crippen molar-refractivity contribution >= 4 is 5.69 Å². The van der Waals surface area contributed by atoms with E-state index in [0.29, 0.717) is 18.3 Å². The molecule has 0 amide bonds. The molecule has 1 aromatic carbocycles. The molecule has 1 fully saturated rings. The molecule has 2 aromatic rings. The van der Waals surface area contributed by atoms with E-state index in [1.165, 1.54) is 18.4 Å². The van der Waals surface area contributed by atoms with Gasteiger partial charge in [-0.1, -0.05) is 13.0 Å². The second-order valence-electron chi connectivity index (χ2n) is 8.99. The van der Waals surface area contributed by atoms with Gasteiger partial charge in [-0.25, -0.2) is 4.98 Å². The van der Waals surface area contributed by atoms with Gasteiger partial charge in [-0.15, -0.1) is 0 Å². The summed E-state index contributed by atoms with van der Waals surface area (Å²) in [4.78, 5) is 14.4. The summed E-state index contributed by atoms with van der Waals surface area (Å²) in [7, 11) is 5.80. The summed E-state index contributed by atoms with van der Waals surface area (Å²) in [5.74, 6) is 2.93. The molecule has 31 heavy (non-hydrogen) atoms. The second-order valence-corrected chi connectivity index (χ2v) is 8.99. The average molecular weight is 427 g/mol. The van der Waals surface area contributed by atoms with E-state index in [4.69, 9.17) is 19.4 Å². The fourth-order valence-corrected chi connectivity index (χ4v) is 4.00. The van der Waals surface area contributed by atoms with Gasteiger partial charge in [0.15, 0.2) is 5.82 Å². The second kappa shape index (κ2) is 10.3. The highest BCUT2D eigenvalue weighted by Crippen LogP contribution is 2.39. The molecule has 0 spiro atoms. The predicted molar refractivity (Wildman–Crippen MR) is 128 cm³/mol. The van der Waals surface area contributed by atoms with Crippen molar-refractivity contribution in [2.45, 2.75) is 47.0 Å². The first kappa shape index (κ1) is 23.3. The van der Waals surface area contributed by atoms with Crippen LogP contribution < -0.4 is 14.4 Å². The minimum absolute atomic E-state index is 0.614. The topological polar surface area (TPSA) is 50.7 Å². The fraction of sp³-hybridized carbons (Fsp3) is 0.600. The first-order chi connectivity index (χ1) is 14.8. The fourth-order valence-electron chi connectivity index (χ4n) is 4.00. The minimum atomic E-state index is 0.614. The van der Waals surface area contributed by atoms with Crippen molar-refractivity contribution in [3.05, 3.63) is 29.0 Å². The SMILES string of the molecule is CCCN(CC1CC1)c1c(C)nc(-c2c(C)cc(C)cc2OCCN(C)C)nc1OC. The summed E-state index contributed by atoms with van der Waals surface area (Å²) in [6.45, 7) is 12.0. The molecule has 0 unspecified atom stereocenters. The van der Waals surface area contributed by atoms with Gasteiger partial charge in [0, 0.05) is 19.6 Å². The number of likely N-dealkylation sites (N-methyl/N-ethyl adjacent to an activating group) is 1. The number of nitrogens with zero attached hydrogens (tertiary/aromatic N) is 4. The summed E-state index contributed by atoms with van der Waals surface area (Å²) in [5.41, 5.74) is 5.20. The van der Waals surface area contributed by atoms with Crippen molar-refractivity contribution in [2.75, 3.05) is 52.3 Å². The van der Waals surface area contributed by atoms with E-state index in [1.807, 2.05) is 14.1 Å². The minimum Gasteiger partial charge on any atom is -0.491 e. The van der Waals surface area contributed by atoms with Crippen LogP contribution in [0.4, 0.5) is 5.69 Å². The molecule has 0 aliphatic heterocycles. The number of methoxy groups -OCH3 is 1. The van der Waals surface area contributed by atoms with Gasteiger partial charge in [0.2, 0.25) is 5.88 Å². The van der Waals surface area contributed by atoms with Crippen molar-refractivity contribution in [1.82, 2.24) is 14.9 Å². The number of hydrogen-bond donors (Lipinski definition) is 0. The van der Waals surface area contributed by atoms with Crippen LogP contribution in [0.15, 0.2) is 12.1 Å². The Morgan fingerprint density at radius 1 is 1.06 bits per heavy atom. The van der Waals surface area contributed by atoms with Gasteiger partial charge in [0.25, 0.3) is 0 Å². The molecule has 0 radical (unpaired) electrons. The Bertz CT molecular complexity index is 894. The van der Waals surface area contributed by atoms with Crippen LogP contribution in [0, 0.1) is 26.7 Å². The number of anilines is 1. The van der Waals surface area contributed by atoms with E-state index >= 15 is 0 Å². The molecule has 0 saturated heterocycles. The zero-order chi connectivity index (χ0) is 22.5. The van der Waals surface area contributed by atoms with Crippen molar-refractivity contribution in [3.8, 4) is 23.0 Å². The largest absolute Gasteiger partial charge is 0.491 e. The lowest BCUT2D eigenvalue weighted by atomic mass is 10.0. The molecule has 1 aliphatic rings. The normalized spacial score (nSPS) is 13.5. The van der Waals surface area contributed by atoms with Crippen LogP contribution in [0.1, 0.15) is 43.0 Å². The lowest BCUT2D eigenvalue weighted by Crippen LogP contribution is -2.28. The van der Waals surface area contributed by atoms with Gasteiger partial charge in [-0.3, -0.25) is 0 Å². The van der Waals surface area contributed by atoms with E-state index in [0.717, 1.165) is 60.2 Å². The standard InChI is InChI=1S/C25H38N4O2/c1-8-11-29(16-20-9-10-20)23-19(4)26-24(27-25(23)30-7)22-18(3)14-17(2)15-21(22)31-13-12-28(5)6/h14-15,20H,8-13,16H2,1-7H3. The number of ether oxygens (including phenoxy) is 2. The number of hydrogen-bond acceptors (Lipinski definition) is 6. The Kier molecular flexibility index (Phi) is 7.76. The van der Waals surface area contributed by atoms with Crippen molar-refractivity contribution in [1.29, 1.82) is 0 Å². The maximum atomic E-state index is 6.18. The highest BCUT2D eigenvalue weighted by atomic mass is 16.5. The third-order valence-corrected chi connectivity index (χ3v) is 5.67. The Morgan fingerprint density at radius 2 is 1.81 bits per heavy atom. The third kappa shape index (κ3) is 5.88. The highest BCUT2D eigenvalue weighted by molar-refractivity contribution is 5.72. The molecule has 6 nitrogen and oxygen atoms in total. The van der Waals surface area contributed by atoms with Gasteiger partial charge in [-0.2, -0.15) is 4.98 Å². The van der Waals surface area contributed by atoms with Crippen LogP contribution in [0.5, 0.6) is 11.6 Å². The zero-order valence-electron chi connectivity index (χ0n) is 20.3.